The quantitative estimate of drug-likeness (QED) is 0.644. The second kappa shape index (κ2) is 6.42. The summed E-state index contributed by atoms with van der Waals surface area (Å²) in [6, 6.07) is 0. The first-order chi connectivity index (χ1) is 7.54. The monoisotopic (exact) mass is 242 g/mol. The van der Waals surface area contributed by atoms with Crippen molar-refractivity contribution in [2.45, 2.75) is 67.7 Å². The van der Waals surface area contributed by atoms with Crippen molar-refractivity contribution < 1.29 is 9.53 Å². The zero-order chi connectivity index (χ0) is 13.7. The van der Waals surface area contributed by atoms with Gasteiger partial charge in [0.05, 0.1) is 12.0 Å². The van der Waals surface area contributed by atoms with Crippen molar-refractivity contribution in [2.75, 3.05) is 6.61 Å². The Morgan fingerprint density at radius 1 is 1.06 bits per heavy atom. The summed E-state index contributed by atoms with van der Waals surface area (Å²) in [7, 11) is 0. The topological polar surface area (TPSA) is 26.3 Å². The minimum atomic E-state index is -0.347. The van der Waals surface area contributed by atoms with E-state index >= 15 is 0 Å². The van der Waals surface area contributed by atoms with E-state index in [1.807, 2.05) is 13.8 Å². The molecule has 0 aliphatic rings. The Kier molecular flexibility index (Phi) is 6.22. The standard InChI is InChI=1S/C15H30O2/c1-12(2)11-17-13(16)15(6,7)10-8-9-14(3,4)5/h12H,8-11H2,1-7H3. The van der Waals surface area contributed by atoms with Crippen molar-refractivity contribution in [3.63, 3.8) is 0 Å². The lowest BCUT2D eigenvalue weighted by Gasteiger charge is -2.25. The number of ether oxygens (including phenoxy) is 1. The molecule has 0 saturated carbocycles. The van der Waals surface area contributed by atoms with Gasteiger partial charge in [-0.3, -0.25) is 4.79 Å². The molecule has 0 aromatic heterocycles. The minimum Gasteiger partial charge on any atom is -0.465 e. The van der Waals surface area contributed by atoms with E-state index in [0.717, 1.165) is 19.3 Å². The van der Waals surface area contributed by atoms with Crippen LogP contribution in [-0.2, 0) is 9.53 Å². The van der Waals surface area contributed by atoms with Crippen LogP contribution in [0.3, 0.4) is 0 Å². The highest BCUT2D eigenvalue weighted by Gasteiger charge is 2.29. The van der Waals surface area contributed by atoms with E-state index in [1.165, 1.54) is 0 Å². The van der Waals surface area contributed by atoms with Crippen LogP contribution in [0.1, 0.15) is 67.7 Å². The van der Waals surface area contributed by atoms with Crippen LogP contribution in [0, 0.1) is 16.7 Å². The van der Waals surface area contributed by atoms with Crippen LogP contribution in [0.5, 0.6) is 0 Å². The molecule has 0 aromatic carbocycles. The summed E-state index contributed by atoms with van der Waals surface area (Å²) in [5.41, 5.74) is -0.00193. The average Bonchev–Trinajstić information content (AvgIpc) is 2.11. The Hall–Kier alpha value is -0.530. The van der Waals surface area contributed by atoms with Crippen molar-refractivity contribution >= 4 is 5.97 Å². The van der Waals surface area contributed by atoms with Gasteiger partial charge in [-0.1, -0.05) is 41.0 Å². The van der Waals surface area contributed by atoms with E-state index in [0.29, 0.717) is 17.9 Å². The Bertz CT molecular complexity index is 234. The zero-order valence-electron chi connectivity index (χ0n) is 12.7. The highest BCUT2D eigenvalue weighted by molar-refractivity contribution is 5.75. The number of rotatable bonds is 6. The molecule has 0 N–H and O–H groups in total. The average molecular weight is 242 g/mol. The summed E-state index contributed by atoms with van der Waals surface area (Å²) >= 11 is 0. The summed E-state index contributed by atoms with van der Waals surface area (Å²) in [6.45, 7) is 15.3. The van der Waals surface area contributed by atoms with Crippen LogP contribution in [0.15, 0.2) is 0 Å². The Labute approximate surface area is 107 Å². The molecule has 0 amide bonds. The number of hydrogen-bond acceptors (Lipinski definition) is 2. The third-order valence-electron chi connectivity index (χ3n) is 2.83. The van der Waals surface area contributed by atoms with Crippen molar-refractivity contribution in [3.05, 3.63) is 0 Å². The van der Waals surface area contributed by atoms with Gasteiger partial charge in [-0.25, -0.2) is 0 Å². The first-order valence-electron chi connectivity index (χ1n) is 6.72. The summed E-state index contributed by atoms with van der Waals surface area (Å²) < 4.78 is 5.31. The Morgan fingerprint density at radius 2 is 1.59 bits per heavy atom. The fourth-order valence-corrected chi connectivity index (χ4v) is 1.60. The molecular weight excluding hydrogens is 212 g/mol. The van der Waals surface area contributed by atoms with Gasteiger partial charge >= 0.3 is 5.97 Å². The Morgan fingerprint density at radius 3 is 2.00 bits per heavy atom. The number of carbonyl (C=O) groups excluding carboxylic acids is 1. The number of esters is 1. The molecule has 0 saturated heterocycles. The SMILES string of the molecule is CC(C)COC(=O)C(C)(C)CCCC(C)(C)C. The highest BCUT2D eigenvalue weighted by Crippen LogP contribution is 2.29. The molecule has 0 rings (SSSR count). The molecule has 0 spiro atoms. The summed E-state index contributed by atoms with van der Waals surface area (Å²) in [5, 5.41) is 0. The van der Waals surface area contributed by atoms with E-state index in [9.17, 15) is 4.79 Å². The third kappa shape index (κ3) is 8.23. The molecule has 0 bridgehead atoms. The molecule has 0 aliphatic heterocycles. The predicted octanol–water partition coefficient (Wildman–Crippen LogP) is 4.43. The van der Waals surface area contributed by atoms with Crippen LogP contribution >= 0.6 is 0 Å². The van der Waals surface area contributed by atoms with E-state index in [2.05, 4.69) is 34.6 Å². The molecule has 102 valence electrons. The first kappa shape index (κ1) is 16.5. The van der Waals surface area contributed by atoms with Gasteiger partial charge in [-0.2, -0.15) is 0 Å². The number of carbonyl (C=O) groups is 1. The fourth-order valence-electron chi connectivity index (χ4n) is 1.60. The maximum absolute atomic E-state index is 11.9. The predicted molar refractivity (Wildman–Crippen MR) is 72.9 cm³/mol. The van der Waals surface area contributed by atoms with Crippen LogP contribution < -0.4 is 0 Å². The normalized spacial score (nSPS) is 12.9. The third-order valence-corrected chi connectivity index (χ3v) is 2.83. The van der Waals surface area contributed by atoms with Crippen LogP contribution in [0.4, 0.5) is 0 Å². The minimum absolute atomic E-state index is 0.0555. The van der Waals surface area contributed by atoms with Gasteiger partial charge in [0, 0.05) is 0 Å². The van der Waals surface area contributed by atoms with E-state index in [-0.39, 0.29) is 11.4 Å². The largest absolute Gasteiger partial charge is 0.465 e. The molecule has 0 radical (unpaired) electrons. The summed E-state index contributed by atoms with van der Waals surface area (Å²) in [6.07, 6.45) is 3.13. The van der Waals surface area contributed by atoms with Crippen molar-refractivity contribution in [2.24, 2.45) is 16.7 Å². The molecule has 0 unspecified atom stereocenters. The van der Waals surface area contributed by atoms with Crippen molar-refractivity contribution in [3.8, 4) is 0 Å². The second-order valence-corrected chi connectivity index (χ2v) is 7.29. The van der Waals surface area contributed by atoms with Gasteiger partial charge in [0.1, 0.15) is 0 Å². The summed E-state index contributed by atoms with van der Waals surface area (Å²) in [5.74, 6) is 0.351. The summed E-state index contributed by atoms with van der Waals surface area (Å²) in [4.78, 5) is 11.9. The lowest BCUT2D eigenvalue weighted by atomic mass is 9.82. The molecule has 0 heterocycles. The van der Waals surface area contributed by atoms with Gasteiger partial charge in [-0.05, 0) is 38.0 Å². The maximum atomic E-state index is 11.9. The Balaban J connectivity index is 4.05. The van der Waals surface area contributed by atoms with Crippen molar-refractivity contribution in [1.82, 2.24) is 0 Å². The molecule has 0 aliphatic carbocycles. The molecule has 17 heavy (non-hydrogen) atoms. The molecule has 0 atom stereocenters. The van der Waals surface area contributed by atoms with Crippen molar-refractivity contribution in [1.29, 1.82) is 0 Å². The van der Waals surface area contributed by atoms with E-state index in [1.54, 1.807) is 0 Å². The van der Waals surface area contributed by atoms with Gasteiger partial charge in [0.2, 0.25) is 0 Å². The molecule has 2 nitrogen and oxygen atoms in total. The maximum Gasteiger partial charge on any atom is 0.311 e. The highest BCUT2D eigenvalue weighted by atomic mass is 16.5. The van der Waals surface area contributed by atoms with Gasteiger partial charge in [0.25, 0.3) is 0 Å². The van der Waals surface area contributed by atoms with Crippen LogP contribution in [0.2, 0.25) is 0 Å². The molecule has 0 fully saturated rings. The second-order valence-electron chi connectivity index (χ2n) is 7.29. The smallest absolute Gasteiger partial charge is 0.311 e. The van der Waals surface area contributed by atoms with E-state index < -0.39 is 0 Å². The lowest BCUT2D eigenvalue weighted by Crippen LogP contribution is -2.28. The molecule has 2 heteroatoms. The molecular formula is C15H30O2. The first-order valence-corrected chi connectivity index (χ1v) is 6.72. The fraction of sp³-hybridized carbons (Fsp3) is 0.933. The zero-order valence-corrected chi connectivity index (χ0v) is 12.7. The van der Waals surface area contributed by atoms with Gasteiger partial charge in [-0.15, -0.1) is 0 Å². The van der Waals surface area contributed by atoms with E-state index in [4.69, 9.17) is 4.74 Å². The molecule has 0 aromatic rings. The van der Waals surface area contributed by atoms with Crippen LogP contribution in [0.25, 0.3) is 0 Å². The lowest BCUT2D eigenvalue weighted by molar-refractivity contribution is -0.155. The van der Waals surface area contributed by atoms with Gasteiger partial charge in [0.15, 0.2) is 0 Å². The number of hydrogen-bond donors (Lipinski definition) is 0. The van der Waals surface area contributed by atoms with Crippen LogP contribution in [-0.4, -0.2) is 12.6 Å². The van der Waals surface area contributed by atoms with Gasteiger partial charge < -0.3 is 4.74 Å².